The van der Waals surface area contributed by atoms with E-state index in [0.29, 0.717) is 18.7 Å². The number of aryl methyl sites for hydroxylation is 1. The van der Waals surface area contributed by atoms with Gasteiger partial charge in [0, 0.05) is 44.2 Å². The van der Waals surface area contributed by atoms with Gasteiger partial charge in [-0.25, -0.2) is 9.50 Å². The molecule has 0 bridgehead atoms. The highest BCUT2D eigenvalue weighted by Crippen LogP contribution is 2.23. The van der Waals surface area contributed by atoms with Crippen molar-refractivity contribution in [1.82, 2.24) is 24.4 Å². The zero-order valence-corrected chi connectivity index (χ0v) is 14.9. The lowest BCUT2D eigenvalue weighted by molar-refractivity contribution is 0.0475. The number of amides is 1. The maximum atomic E-state index is 12.9. The summed E-state index contributed by atoms with van der Waals surface area (Å²) in [6, 6.07) is 1.76. The van der Waals surface area contributed by atoms with Gasteiger partial charge in [-0.1, -0.05) is 0 Å². The normalized spacial score (nSPS) is 21.2. The van der Waals surface area contributed by atoms with Crippen molar-refractivity contribution in [3.05, 3.63) is 33.9 Å². The number of likely N-dealkylation sites (tertiary alicyclic amines) is 1. The minimum absolute atomic E-state index is 0.0369. The van der Waals surface area contributed by atoms with Gasteiger partial charge < -0.3 is 14.9 Å². The number of hydrogen-bond acceptors (Lipinski definition) is 5. The predicted molar refractivity (Wildman–Crippen MR) is 93.7 cm³/mol. The number of nitrogens with zero attached hydrogens (tertiary/aromatic N) is 4. The summed E-state index contributed by atoms with van der Waals surface area (Å²) in [4.78, 5) is 33.5. The van der Waals surface area contributed by atoms with Crippen molar-refractivity contribution < 1.29 is 9.90 Å². The maximum Gasteiger partial charge on any atom is 0.285 e. The number of carbonyl (C=O) groups is 1. The molecule has 0 aliphatic carbocycles. The predicted octanol–water partition coefficient (Wildman–Crippen LogP) is -0.0368. The molecule has 1 aliphatic rings. The Balaban J connectivity index is 1.88. The number of carbonyl (C=O) groups excluding carboxylic acids is 1. The summed E-state index contributed by atoms with van der Waals surface area (Å²) in [6.07, 6.45) is 2.24. The van der Waals surface area contributed by atoms with Gasteiger partial charge in [0.05, 0.1) is 0 Å². The summed E-state index contributed by atoms with van der Waals surface area (Å²) >= 11 is 0. The van der Waals surface area contributed by atoms with E-state index in [1.54, 1.807) is 11.0 Å². The van der Waals surface area contributed by atoms with E-state index in [1.807, 2.05) is 21.0 Å². The Labute approximate surface area is 146 Å². The van der Waals surface area contributed by atoms with E-state index < -0.39 is 5.56 Å². The van der Waals surface area contributed by atoms with Gasteiger partial charge in [0.2, 0.25) is 0 Å². The van der Waals surface area contributed by atoms with E-state index in [0.717, 1.165) is 18.7 Å². The number of aromatic nitrogens is 3. The Morgan fingerprint density at radius 3 is 2.80 bits per heavy atom. The van der Waals surface area contributed by atoms with Crippen LogP contribution in [0.5, 0.6) is 0 Å². The van der Waals surface area contributed by atoms with E-state index in [2.05, 4.69) is 15.0 Å². The summed E-state index contributed by atoms with van der Waals surface area (Å²) in [5.41, 5.74) is 0.968. The van der Waals surface area contributed by atoms with E-state index in [9.17, 15) is 14.7 Å². The largest absolute Gasteiger partial charge is 0.396 e. The molecule has 3 heterocycles. The van der Waals surface area contributed by atoms with Crippen LogP contribution in [0, 0.1) is 18.8 Å². The topological polar surface area (TPSA) is 93.9 Å². The smallest absolute Gasteiger partial charge is 0.285 e. The molecule has 1 fully saturated rings. The zero-order chi connectivity index (χ0) is 18.1. The van der Waals surface area contributed by atoms with Gasteiger partial charge in [-0.2, -0.15) is 0 Å². The summed E-state index contributed by atoms with van der Waals surface area (Å²) < 4.78 is 1.30. The SMILES string of the molecule is Cc1cc2ncc(C(=O)N3C[C@H](CO)C[C@H](CN(C)C)C3)c(=O)n2[nH]1. The van der Waals surface area contributed by atoms with Crippen LogP contribution in [0.25, 0.3) is 5.65 Å². The number of fused-ring (bicyclic) bond motifs is 1. The van der Waals surface area contributed by atoms with Gasteiger partial charge in [0.25, 0.3) is 11.5 Å². The van der Waals surface area contributed by atoms with E-state index >= 15 is 0 Å². The Bertz CT molecular complexity index is 825. The molecule has 2 aromatic heterocycles. The summed E-state index contributed by atoms with van der Waals surface area (Å²) in [5.74, 6) is -0.00656. The number of piperidine rings is 1. The van der Waals surface area contributed by atoms with Crippen molar-refractivity contribution in [2.45, 2.75) is 13.3 Å². The molecule has 0 spiro atoms. The van der Waals surface area contributed by atoms with Crippen LogP contribution in [-0.4, -0.2) is 75.7 Å². The third-order valence-electron chi connectivity index (χ3n) is 4.65. The molecule has 2 aromatic rings. The van der Waals surface area contributed by atoms with Gasteiger partial charge in [-0.3, -0.25) is 14.7 Å². The molecule has 1 saturated heterocycles. The summed E-state index contributed by atoms with van der Waals surface area (Å²) in [7, 11) is 3.99. The molecular formula is C17H25N5O3. The second kappa shape index (κ2) is 6.97. The molecule has 1 amide bonds. The standard InChI is InChI=1S/C17H25N5O3/c1-11-4-15-18-6-14(17(25)22(15)19-11)16(24)21-8-12(7-20(2)3)5-13(9-21)10-23/h4,6,12-13,19,23H,5,7-10H2,1-3H3/t12-,13-/m1/s1. The van der Waals surface area contributed by atoms with Crippen LogP contribution in [0.1, 0.15) is 22.5 Å². The first-order valence-corrected chi connectivity index (χ1v) is 8.51. The molecule has 0 unspecified atom stereocenters. The van der Waals surface area contributed by atoms with Crippen molar-refractivity contribution in [2.75, 3.05) is 40.3 Å². The number of nitrogens with one attached hydrogen (secondary N) is 1. The van der Waals surface area contributed by atoms with Crippen LogP contribution in [0.2, 0.25) is 0 Å². The number of rotatable bonds is 4. The lowest BCUT2D eigenvalue weighted by atomic mass is 9.89. The molecular weight excluding hydrogens is 322 g/mol. The van der Waals surface area contributed by atoms with E-state index in [1.165, 1.54) is 10.7 Å². The van der Waals surface area contributed by atoms with Crippen LogP contribution in [0.15, 0.2) is 17.1 Å². The van der Waals surface area contributed by atoms with Crippen molar-refractivity contribution in [3.63, 3.8) is 0 Å². The minimum atomic E-state index is -0.390. The van der Waals surface area contributed by atoms with Crippen LogP contribution < -0.4 is 5.56 Å². The first-order valence-electron chi connectivity index (χ1n) is 8.51. The second-order valence-electron chi connectivity index (χ2n) is 7.23. The maximum absolute atomic E-state index is 12.9. The molecule has 0 radical (unpaired) electrons. The molecule has 2 atom stereocenters. The van der Waals surface area contributed by atoms with Gasteiger partial charge in [0.15, 0.2) is 5.65 Å². The van der Waals surface area contributed by atoms with Crippen molar-refractivity contribution in [2.24, 2.45) is 11.8 Å². The van der Waals surface area contributed by atoms with Crippen LogP contribution in [0.4, 0.5) is 0 Å². The lowest BCUT2D eigenvalue weighted by Gasteiger charge is -2.38. The van der Waals surface area contributed by atoms with E-state index in [-0.39, 0.29) is 29.9 Å². The second-order valence-corrected chi connectivity index (χ2v) is 7.23. The van der Waals surface area contributed by atoms with Crippen LogP contribution >= 0.6 is 0 Å². The molecule has 8 heteroatoms. The van der Waals surface area contributed by atoms with Crippen molar-refractivity contribution in [1.29, 1.82) is 0 Å². The summed E-state index contributed by atoms with van der Waals surface area (Å²) in [5, 5.41) is 12.5. The number of aliphatic hydroxyl groups is 1. The Morgan fingerprint density at radius 2 is 2.12 bits per heavy atom. The number of aromatic amines is 1. The molecule has 3 rings (SSSR count). The first-order chi connectivity index (χ1) is 11.9. The van der Waals surface area contributed by atoms with Gasteiger partial charge in [-0.05, 0) is 39.3 Å². The average Bonchev–Trinajstić information content (AvgIpc) is 2.95. The number of H-pyrrole nitrogens is 1. The number of hydrogen-bond donors (Lipinski definition) is 2. The Kier molecular flexibility index (Phi) is 4.91. The highest BCUT2D eigenvalue weighted by molar-refractivity contribution is 5.93. The fourth-order valence-corrected chi connectivity index (χ4v) is 3.66. The fourth-order valence-electron chi connectivity index (χ4n) is 3.66. The average molecular weight is 347 g/mol. The Hall–Kier alpha value is -2.19. The van der Waals surface area contributed by atoms with Crippen LogP contribution in [-0.2, 0) is 0 Å². The van der Waals surface area contributed by atoms with Crippen molar-refractivity contribution in [3.8, 4) is 0 Å². The lowest BCUT2D eigenvalue weighted by Crippen LogP contribution is -2.48. The van der Waals surface area contributed by atoms with E-state index in [4.69, 9.17) is 0 Å². The van der Waals surface area contributed by atoms with Crippen molar-refractivity contribution >= 4 is 11.6 Å². The number of aliphatic hydroxyl groups excluding tert-OH is 1. The highest BCUT2D eigenvalue weighted by atomic mass is 16.3. The third-order valence-corrected chi connectivity index (χ3v) is 4.65. The zero-order valence-electron chi connectivity index (χ0n) is 14.9. The van der Waals surface area contributed by atoms with Crippen LogP contribution in [0.3, 0.4) is 0 Å². The highest BCUT2D eigenvalue weighted by Gasteiger charge is 2.31. The molecule has 136 valence electrons. The molecule has 0 saturated carbocycles. The summed E-state index contributed by atoms with van der Waals surface area (Å²) in [6.45, 7) is 3.76. The molecule has 8 nitrogen and oxygen atoms in total. The molecule has 0 aromatic carbocycles. The molecule has 2 N–H and O–H groups in total. The van der Waals surface area contributed by atoms with Gasteiger partial charge in [-0.15, -0.1) is 0 Å². The first kappa shape index (κ1) is 17.6. The monoisotopic (exact) mass is 347 g/mol. The minimum Gasteiger partial charge on any atom is -0.396 e. The molecule has 1 aliphatic heterocycles. The van der Waals surface area contributed by atoms with Gasteiger partial charge in [0.1, 0.15) is 5.56 Å². The fraction of sp³-hybridized carbons (Fsp3) is 0.588. The third kappa shape index (κ3) is 3.59. The molecule has 25 heavy (non-hydrogen) atoms. The van der Waals surface area contributed by atoms with Gasteiger partial charge >= 0.3 is 0 Å². The Morgan fingerprint density at radius 1 is 1.40 bits per heavy atom. The quantitative estimate of drug-likeness (QED) is 0.810.